The molecular weight excluding hydrogens is 242 g/mol. The Kier molecular flexibility index (Phi) is 4.64. The number of aromatic nitrogens is 1. The molecule has 0 aliphatic carbocycles. The molecule has 0 aromatic carbocycles. The van der Waals surface area contributed by atoms with Crippen LogP contribution in [0.4, 0.5) is 0 Å². The summed E-state index contributed by atoms with van der Waals surface area (Å²) in [5.41, 5.74) is 1.37. The van der Waals surface area contributed by atoms with Crippen molar-refractivity contribution in [3.8, 4) is 0 Å². The molecule has 2 heterocycles. The Morgan fingerprint density at radius 3 is 2.94 bits per heavy atom. The predicted octanol–water partition coefficient (Wildman–Crippen LogP) is 2.84. The van der Waals surface area contributed by atoms with E-state index in [1.54, 1.807) is 0 Å². The smallest absolute Gasteiger partial charge is 0.169 e. The SMILES string of the molecule is CCNC(=S)N1CCCCC[C@@H]1c1cccn1C. The third-order valence-corrected chi connectivity index (χ3v) is 4.05. The van der Waals surface area contributed by atoms with Crippen LogP contribution in [0.25, 0.3) is 0 Å². The summed E-state index contributed by atoms with van der Waals surface area (Å²) in [6.45, 7) is 4.07. The van der Waals surface area contributed by atoms with E-state index in [0.29, 0.717) is 6.04 Å². The van der Waals surface area contributed by atoms with E-state index in [-0.39, 0.29) is 0 Å². The zero-order chi connectivity index (χ0) is 13.0. The highest BCUT2D eigenvalue weighted by Crippen LogP contribution is 2.30. The molecule has 0 saturated carbocycles. The Balaban J connectivity index is 2.22. The molecule has 100 valence electrons. The molecule has 0 bridgehead atoms. The van der Waals surface area contributed by atoms with Gasteiger partial charge in [0.2, 0.25) is 0 Å². The molecule has 2 rings (SSSR count). The second kappa shape index (κ2) is 6.23. The van der Waals surface area contributed by atoms with Gasteiger partial charge in [0, 0.05) is 32.0 Å². The van der Waals surface area contributed by atoms with Gasteiger partial charge in [-0.05, 0) is 44.1 Å². The minimum absolute atomic E-state index is 0.430. The van der Waals surface area contributed by atoms with Crippen LogP contribution in [0.3, 0.4) is 0 Å². The number of aryl methyl sites for hydroxylation is 1. The lowest BCUT2D eigenvalue weighted by Crippen LogP contribution is -2.42. The fourth-order valence-electron chi connectivity index (χ4n) is 2.73. The minimum atomic E-state index is 0.430. The van der Waals surface area contributed by atoms with Gasteiger partial charge >= 0.3 is 0 Å². The molecule has 1 aromatic rings. The Morgan fingerprint density at radius 1 is 1.44 bits per heavy atom. The Hall–Kier alpha value is -1.03. The summed E-state index contributed by atoms with van der Waals surface area (Å²) in [6, 6.07) is 4.77. The third kappa shape index (κ3) is 2.86. The number of thiocarbonyl (C=S) groups is 1. The molecule has 1 aromatic heterocycles. The van der Waals surface area contributed by atoms with Crippen molar-refractivity contribution < 1.29 is 0 Å². The molecule has 3 nitrogen and oxygen atoms in total. The third-order valence-electron chi connectivity index (χ3n) is 3.67. The minimum Gasteiger partial charge on any atom is -0.363 e. The Labute approximate surface area is 115 Å². The van der Waals surface area contributed by atoms with Crippen LogP contribution in [0.2, 0.25) is 0 Å². The van der Waals surface area contributed by atoms with E-state index < -0.39 is 0 Å². The zero-order valence-electron chi connectivity index (χ0n) is 11.4. The fraction of sp³-hybridized carbons (Fsp3) is 0.643. The van der Waals surface area contributed by atoms with Gasteiger partial charge in [-0.2, -0.15) is 0 Å². The van der Waals surface area contributed by atoms with Crippen molar-refractivity contribution in [2.75, 3.05) is 13.1 Å². The molecule has 1 fully saturated rings. The molecule has 0 spiro atoms. The molecule has 1 aliphatic rings. The lowest BCUT2D eigenvalue weighted by Gasteiger charge is -2.32. The van der Waals surface area contributed by atoms with Crippen molar-refractivity contribution in [2.45, 2.75) is 38.6 Å². The second-order valence-corrected chi connectivity index (χ2v) is 5.32. The van der Waals surface area contributed by atoms with E-state index in [4.69, 9.17) is 12.2 Å². The topological polar surface area (TPSA) is 20.2 Å². The number of nitrogens with zero attached hydrogens (tertiary/aromatic N) is 2. The van der Waals surface area contributed by atoms with Gasteiger partial charge in [0.15, 0.2) is 5.11 Å². The van der Waals surface area contributed by atoms with Crippen LogP contribution in [0, 0.1) is 0 Å². The molecule has 0 amide bonds. The quantitative estimate of drug-likeness (QED) is 0.830. The summed E-state index contributed by atoms with van der Waals surface area (Å²) >= 11 is 5.53. The van der Waals surface area contributed by atoms with Crippen LogP contribution in [0.5, 0.6) is 0 Å². The molecule has 1 N–H and O–H groups in total. The number of likely N-dealkylation sites (tertiary alicyclic amines) is 1. The molecule has 1 aliphatic heterocycles. The van der Waals surface area contributed by atoms with E-state index in [1.807, 2.05) is 0 Å². The Bertz CT molecular complexity index is 399. The molecule has 1 atom stereocenters. The first kappa shape index (κ1) is 13.4. The number of hydrogen-bond donors (Lipinski definition) is 1. The molecule has 0 unspecified atom stereocenters. The van der Waals surface area contributed by atoms with Crippen LogP contribution in [-0.2, 0) is 7.05 Å². The van der Waals surface area contributed by atoms with Crippen molar-refractivity contribution >= 4 is 17.3 Å². The maximum absolute atomic E-state index is 5.53. The zero-order valence-corrected chi connectivity index (χ0v) is 12.2. The van der Waals surface area contributed by atoms with Crippen LogP contribution < -0.4 is 5.32 Å². The van der Waals surface area contributed by atoms with E-state index in [1.165, 1.54) is 31.4 Å². The average molecular weight is 265 g/mol. The predicted molar refractivity (Wildman–Crippen MR) is 79.6 cm³/mol. The second-order valence-electron chi connectivity index (χ2n) is 4.94. The van der Waals surface area contributed by atoms with Gasteiger partial charge in [-0.1, -0.05) is 12.8 Å². The summed E-state index contributed by atoms with van der Waals surface area (Å²) in [5, 5.41) is 4.21. The summed E-state index contributed by atoms with van der Waals surface area (Å²) in [6.07, 6.45) is 7.16. The largest absolute Gasteiger partial charge is 0.363 e. The molecular formula is C14H23N3S. The first-order valence-electron chi connectivity index (χ1n) is 6.89. The lowest BCUT2D eigenvalue weighted by molar-refractivity contribution is 0.307. The summed E-state index contributed by atoms with van der Waals surface area (Å²) in [5.74, 6) is 0. The van der Waals surface area contributed by atoms with E-state index in [2.05, 4.69) is 47.1 Å². The van der Waals surface area contributed by atoms with E-state index in [0.717, 1.165) is 18.2 Å². The lowest BCUT2D eigenvalue weighted by atomic mass is 10.1. The highest BCUT2D eigenvalue weighted by atomic mass is 32.1. The molecule has 0 radical (unpaired) electrons. The first-order chi connectivity index (χ1) is 8.74. The van der Waals surface area contributed by atoms with Crippen molar-refractivity contribution in [1.29, 1.82) is 0 Å². The first-order valence-corrected chi connectivity index (χ1v) is 7.30. The van der Waals surface area contributed by atoms with Gasteiger partial charge in [-0.3, -0.25) is 0 Å². The number of hydrogen-bond acceptors (Lipinski definition) is 1. The fourth-order valence-corrected chi connectivity index (χ4v) is 3.10. The van der Waals surface area contributed by atoms with Gasteiger partial charge < -0.3 is 14.8 Å². The molecule has 4 heteroatoms. The van der Waals surface area contributed by atoms with Crippen LogP contribution >= 0.6 is 12.2 Å². The number of nitrogens with one attached hydrogen (secondary N) is 1. The van der Waals surface area contributed by atoms with Gasteiger partial charge in [0.1, 0.15) is 0 Å². The van der Waals surface area contributed by atoms with Crippen molar-refractivity contribution in [3.63, 3.8) is 0 Å². The summed E-state index contributed by atoms with van der Waals surface area (Å²) < 4.78 is 2.22. The monoisotopic (exact) mass is 265 g/mol. The van der Waals surface area contributed by atoms with Gasteiger partial charge in [0.05, 0.1) is 6.04 Å². The van der Waals surface area contributed by atoms with Crippen molar-refractivity contribution in [3.05, 3.63) is 24.0 Å². The molecule has 18 heavy (non-hydrogen) atoms. The maximum Gasteiger partial charge on any atom is 0.169 e. The summed E-state index contributed by atoms with van der Waals surface area (Å²) in [4.78, 5) is 2.38. The van der Waals surface area contributed by atoms with Gasteiger partial charge in [-0.25, -0.2) is 0 Å². The highest BCUT2D eigenvalue weighted by Gasteiger charge is 2.25. The van der Waals surface area contributed by atoms with Crippen LogP contribution in [-0.4, -0.2) is 27.7 Å². The Morgan fingerprint density at radius 2 is 2.28 bits per heavy atom. The van der Waals surface area contributed by atoms with E-state index >= 15 is 0 Å². The van der Waals surface area contributed by atoms with Gasteiger partial charge in [-0.15, -0.1) is 0 Å². The highest BCUT2D eigenvalue weighted by molar-refractivity contribution is 7.80. The molecule has 1 saturated heterocycles. The van der Waals surface area contributed by atoms with Crippen LogP contribution in [0.1, 0.15) is 44.3 Å². The maximum atomic E-state index is 5.53. The normalized spacial score (nSPS) is 20.6. The van der Waals surface area contributed by atoms with E-state index in [9.17, 15) is 0 Å². The summed E-state index contributed by atoms with van der Waals surface area (Å²) in [7, 11) is 2.12. The average Bonchev–Trinajstić information content (AvgIpc) is 2.64. The van der Waals surface area contributed by atoms with Crippen LogP contribution in [0.15, 0.2) is 18.3 Å². The van der Waals surface area contributed by atoms with Gasteiger partial charge in [0.25, 0.3) is 0 Å². The number of rotatable bonds is 2. The van der Waals surface area contributed by atoms with Crippen molar-refractivity contribution in [1.82, 2.24) is 14.8 Å². The van der Waals surface area contributed by atoms with Crippen molar-refractivity contribution in [2.24, 2.45) is 7.05 Å². The standard InChI is InChI=1S/C14H23N3S/c1-3-15-14(18)17-11-6-4-5-8-13(17)12-9-7-10-16(12)2/h7,9-10,13H,3-6,8,11H2,1-2H3,(H,15,18)/t13-/m1/s1.